The number of hydrogen-bond donors (Lipinski definition) is 4. The molecule has 480 valence electrons. The van der Waals surface area contributed by atoms with Gasteiger partial charge in [0.15, 0.2) is 0 Å². The molecule has 12 rings (SSSR count). The third-order valence-electron chi connectivity index (χ3n) is 17.1. The van der Waals surface area contributed by atoms with Crippen molar-refractivity contribution < 1.29 is 66.8 Å². The van der Waals surface area contributed by atoms with Gasteiger partial charge in [0.2, 0.25) is 11.8 Å². The van der Waals surface area contributed by atoms with Crippen molar-refractivity contribution in [3.05, 3.63) is 190 Å². The van der Waals surface area contributed by atoms with Crippen molar-refractivity contribution in [1.29, 1.82) is 0 Å². The summed E-state index contributed by atoms with van der Waals surface area (Å²) < 4.78 is 22.9. The molecule has 4 N–H and O–H groups in total. The number of carbonyl (C=O) groups is 9. The van der Waals surface area contributed by atoms with Crippen LogP contribution in [0, 0.1) is 0 Å². The molecule has 6 unspecified atom stereocenters. The van der Waals surface area contributed by atoms with Gasteiger partial charge in [-0.25, -0.2) is 0 Å². The molecule has 0 fully saturated rings. The van der Waals surface area contributed by atoms with Gasteiger partial charge in [0.05, 0.1) is 88.4 Å². The van der Waals surface area contributed by atoms with Crippen molar-refractivity contribution in [2.24, 2.45) is 0 Å². The standard InChI is InChI=1S/C13H14O3.C12H13NO3.C12H13NO2S.C12H15NO2.C10H10O.C9H9NO.C3H5BrO2/c1-13(8-12(15)16-2)10-6-4-3-5-9(10)7-11(13)14;1-12(7-10(14)16-2)8-5-3-4-6-9(8)13-11(12)15;1-12(7-10(14)15-2)8-5-3-4-6-9(8)13-11(12)16;1-12(7-11(14)15-2)8-13-10-6-4-3-5-9(10)12;1-7-9-5-3-2-4-8(9)6-10(7)11;1-6-7-4-2-3-5-8(7)10-9(6)11;1-6-3(5)2-4/h3-6H,7-8H2,1-2H3;3-6H,7H2,1-2H3,(H,13,15);3-6H,7H2,1-2H3,(H,13,16);3-6,13H,7-8H2,1-2H3;2-5,7H,6H2,1H3;2-6H,1H3,(H,10,11);2H2,1H3. The van der Waals surface area contributed by atoms with Crippen LogP contribution < -0.4 is 21.3 Å². The van der Waals surface area contributed by atoms with Crippen LogP contribution in [-0.4, -0.2) is 106 Å². The lowest BCUT2D eigenvalue weighted by molar-refractivity contribution is -0.144. The number of para-hydroxylation sites is 4. The number of ketones is 2. The molecule has 91 heavy (non-hydrogen) atoms. The zero-order valence-corrected chi connectivity index (χ0v) is 55.6. The highest BCUT2D eigenvalue weighted by atomic mass is 79.9. The molecule has 0 radical (unpaired) electrons. The van der Waals surface area contributed by atoms with Gasteiger partial charge in [0, 0.05) is 53.5 Å². The Morgan fingerprint density at radius 3 is 1.42 bits per heavy atom. The molecule has 0 spiro atoms. The molecular formula is C71H79BrN4O14S. The fourth-order valence-electron chi connectivity index (χ4n) is 11.4. The van der Waals surface area contributed by atoms with Crippen molar-refractivity contribution in [3.63, 3.8) is 0 Å². The van der Waals surface area contributed by atoms with E-state index in [4.69, 9.17) is 21.7 Å². The molecule has 0 aromatic heterocycles. The van der Waals surface area contributed by atoms with E-state index in [1.165, 1.54) is 52.2 Å². The van der Waals surface area contributed by atoms with E-state index < -0.39 is 16.2 Å². The molecule has 6 aliphatic rings. The van der Waals surface area contributed by atoms with Crippen LogP contribution in [0.3, 0.4) is 0 Å². The van der Waals surface area contributed by atoms with E-state index in [2.05, 4.69) is 64.4 Å². The maximum Gasteiger partial charge on any atom is 0.316 e. The smallest absolute Gasteiger partial charge is 0.316 e. The topological polar surface area (TPSA) is 248 Å². The van der Waals surface area contributed by atoms with Gasteiger partial charge in [-0.2, -0.15) is 0 Å². The van der Waals surface area contributed by atoms with Crippen LogP contribution in [0.5, 0.6) is 0 Å². The number of rotatable bonds is 9. The van der Waals surface area contributed by atoms with Crippen LogP contribution in [0.2, 0.25) is 0 Å². The number of anilines is 4. The van der Waals surface area contributed by atoms with Gasteiger partial charge in [-0.15, -0.1) is 0 Å². The summed E-state index contributed by atoms with van der Waals surface area (Å²) in [5, 5.41) is 12.3. The Kier molecular flexibility index (Phi) is 24.8. The molecule has 6 aromatic rings. The minimum Gasteiger partial charge on any atom is -0.469 e. The van der Waals surface area contributed by atoms with Crippen molar-refractivity contribution in [1.82, 2.24) is 0 Å². The van der Waals surface area contributed by atoms with E-state index in [1.54, 1.807) is 6.92 Å². The summed E-state index contributed by atoms with van der Waals surface area (Å²) in [6, 6.07) is 46.9. The highest BCUT2D eigenvalue weighted by Crippen LogP contribution is 2.43. The number of esters is 5. The monoisotopic (exact) mass is 1320 g/mol. The molecule has 6 atom stereocenters. The first-order valence-electron chi connectivity index (χ1n) is 29.4. The molecular weight excluding hydrogens is 1240 g/mol. The van der Waals surface area contributed by atoms with E-state index >= 15 is 0 Å². The summed E-state index contributed by atoms with van der Waals surface area (Å²) in [6.07, 6.45) is 1.94. The van der Waals surface area contributed by atoms with Crippen molar-refractivity contribution in [3.8, 4) is 0 Å². The first kappa shape index (κ1) is 71.2. The number of benzene rings is 6. The van der Waals surface area contributed by atoms with Crippen LogP contribution >= 0.6 is 28.1 Å². The van der Waals surface area contributed by atoms with E-state index in [1.807, 2.05) is 167 Å². The number of thiocarbonyl (C=S) groups is 1. The highest BCUT2D eigenvalue weighted by molar-refractivity contribution is 9.09. The number of fused-ring (bicyclic) bond motifs is 6. The van der Waals surface area contributed by atoms with Crippen LogP contribution in [0.15, 0.2) is 146 Å². The minimum atomic E-state index is -0.816. The number of hydrogen-bond acceptors (Lipinski definition) is 16. The lowest BCUT2D eigenvalue weighted by atomic mass is 9.80. The number of nitrogens with one attached hydrogen (secondary N) is 4. The van der Waals surface area contributed by atoms with E-state index in [0.29, 0.717) is 30.0 Å². The molecule has 2 aliphatic carbocycles. The maximum absolute atomic E-state index is 12.0. The fourth-order valence-corrected chi connectivity index (χ4v) is 11.9. The summed E-state index contributed by atoms with van der Waals surface area (Å²) in [5.74, 6) is -0.815. The molecule has 4 heterocycles. The average molecular weight is 1320 g/mol. The normalized spacial score (nSPS) is 21.5. The van der Waals surface area contributed by atoms with Gasteiger partial charge < -0.3 is 45.0 Å². The maximum atomic E-state index is 12.0. The van der Waals surface area contributed by atoms with Crippen LogP contribution in [0.4, 0.5) is 22.7 Å². The Hall–Kier alpha value is -8.88. The van der Waals surface area contributed by atoms with Gasteiger partial charge >= 0.3 is 29.8 Å². The zero-order chi connectivity index (χ0) is 66.8. The second kappa shape index (κ2) is 31.7. The average Bonchev–Trinajstić information content (AvgIpc) is 1.70. The summed E-state index contributed by atoms with van der Waals surface area (Å²) >= 11 is 8.21. The molecule has 0 saturated heterocycles. The minimum absolute atomic E-state index is 0.0196. The Morgan fingerprint density at radius 2 is 0.890 bits per heavy atom. The number of halogens is 1. The number of Topliss-reactive ketones (excluding diaryl/α,β-unsaturated/α-hetero) is 2. The first-order valence-corrected chi connectivity index (χ1v) is 31.0. The molecule has 18 nitrogen and oxygen atoms in total. The van der Waals surface area contributed by atoms with Crippen molar-refractivity contribution in [2.45, 2.75) is 114 Å². The van der Waals surface area contributed by atoms with Gasteiger partial charge in [-0.1, -0.05) is 163 Å². The Morgan fingerprint density at radius 1 is 0.462 bits per heavy atom. The number of methoxy groups -OCH3 is 5. The lowest BCUT2D eigenvalue weighted by Crippen LogP contribution is -2.33. The largest absolute Gasteiger partial charge is 0.469 e. The van der Waals surface area contributed by atoms with Crippen LogP contribution in [-0.2, 0) is 101 Å². The molecule has 0 bridgehead atoms. The Labute approximate surface area is 545 Å². The van der Waals surface area contributed by atoms with Gasteiger partial charge in [0.25, 0.3) is 0 Å². The Balaban J connectivity index is 0.000000171. The summed E-state index contributed by atoms with van der Waals surface area (Å²) in [7, 11) is 6.84. The summed E-state index contributed by atoms with van der Waals surface area (Å²) in [6.45, 7) is 12.3. The first-order chi connectivity index (χ1) is 43.3. The molecule has 6 aromatic carbocycles. The Bertz CT molecular complexity index is 3430. The second-order valence-corrected chi connectivity index (χ2v) is 24.3. The molecule has 20 heteroatoms. The molecule has 2 amide bonds. The van der Waals surface area contributed by atoms with E-state index in [-0.39, 0.29) is 89.3 Å². The van der Waals surface area contributed by atoms with E-state index in [0.717, 1.165) is 57.1 Å². The van der Waals surface area contributed by atoms with Crippen molar-refractivity contribution in [2.75, 3.05) is 68.7 Å². The molecule has 0 saturated carbocycles. The number of alkyl halides is 1. The van der Waals surface area contributed by atoms with E-state index in [9.17, 15) is 43.2 Å². The molecule has 4 aliphatic heterocycles. The predicted molar refractivity (Wildman–Crippen MR) is 357 cm³/mol. The zero-order valence-electron chi connectivity index (χ0n) is 53.2. The lowest BCUT2D eigenvalue weighted by Gasteiger charge is -2.22. The third kappa shape index (κ3) is 16.9. The SMILES string of the molecule is CC1C(=O)Cc2ccccc21.CC1C(=O)Nc2ccccc21.COC(=O)CBr.COC(=O)CC1(C)C(=O)Cc2ccccc21.COC(=O)CC1(C)C(=O)Nc2ccccc21.COC(=O)CC1(C)C(=S)Nc2ccccc21.COC(=O)CC1(C)CNc2ccccc21. The van der Waals surface area contributed by atoms with Crippen LogP contribution in [0.1, 0.15) is 124 Å². The van der Waals surface area contributed by atoms with Crippen molar-refractivity contribution >= 4 is 109 Å². The number of amides is 2. The quantitative estimate of drug-likeness (QED) is 0.0455. The van der Waals surface area contributed by atoms with Crippen LogP contribution in [0.25, 0.3) is 0 Å². The summed E-state index contributed by atoms with van der Waals surface area (Å²) in [5.41, 5.74) is 10.4. The highest BCUT2D eigenvalue weighted by Gasteiger charge is 2.46. The predicted octanol–water partition coefficient (Wildman–Crippen LogP) is 11.5. The third-order valence-corrected chi connectivity index (χ3v) is 18.1. The number of carbonyl (C=O) groups excluding carboxylic acids is 9. The second-order valence-electron chi connectivity index (χ2n) is 23.3. The summed E-state index contributed by atoms with van der Waals surface area (Å²) in [4.78, 5) is 102. The fraction of sp³-hybridized carbons (Fsp3) is 0.352. The van der Waals surface area contributed by atoms with Gasteiger partial charge in [0.1, 0.15) is 16.9 Å². The van der Waals surface area contributed by atoms with Gasteiger partial charge in [-0.05, 0) is 96.5 Å². The number of ether oxygens (including phenoxy) is 5. The van der Waals surface area contributed by atoms with Gasteiger partial charge in [-0.3, -0.25) is 43.2 Å².